The van der Waals surface area contributed by atoms with E-state index >= 15 is 0 Å². The lowest BCUT2D eigenvalue weighted by Crippen LogP contribution is -2.60. The maximum Gasteiger partial charge on any atom is 0.236 e. The van der Waals surface area contributed by atoms with Crippen LogP contribution in [0.5, 0.6) is 0 Å². The Balaban J connectivity index is 1.53. The normalized spacial score (nSPS) is 23.5. The van der Waals surface area contributed by atoms with Gasteiger partial charge in [-0.05, 0) is 31.0 Å². The lowest BCUT2D eigenvalue weighted by molar-refractivity contribution is -0.133. The molecule has 7 nitrogen and oxygen atoms in total. The minimum absolute atomic E-state index is 0.135. The standard InChI is InChI=1S/C16H20N4O3S2/c1-3-9-13(22)19-15(20-14(9)23)24-7-12(21)18-16-17-10-5-4-8(2)6-11(10)25-16/h4-6,9,13,15,19,22H,3,7H2,1-2H3,(H,20,23)(H,17,18,21). The second-order valence-electron chi connectivity index (χ2n) is 5.86. The minimum atomic E-state index is -0.896. The molecule has 4 N–H and O–H groups in total. The van der Waals surface area contributed by atoms with Crippen molar-refractivity contribution in [1.82, 2.24) is 15.6 Å². The van der Waals surface area contributed by atoms with Gasteiger partial charge in [0.2, 0.25) is 11.8 Å². The molecular formula is C16H20N4O3S2. The van der Waals surface area contributed by atoms with E-state index in [0.717, 1.165) is 15.8 Å². The van der Waals surface area contributed by atoms with E-state index in [4.69, 9.17) is 0 Å². The Labute approximate surface area is 153 Å². The molecule has 134 valence electrons. The van der Waals surface area contributed by atoms with Crippen molar-refractivity contribution in [3.8, 4) is 0 Å². The number of hydrogen-bond acceptors (Lipinski definition) is 7. The van der Waals surface area contributed by atoms with Gasteiger partial charge in [0.05, 0.1) is 21.9 Å². The van der Waals surface area contributed by atoms with E-state index in [2.05, 4.69) is 20.9 Å². The smallest absolute Gasteiger partial charge is 0.236 e. The van der Waals surface area contributed by atoms with Gasteiger partial charge in [-0.3, -0.25) is 14.9 Å². The molecule has 1 fully saturated rings. The van der Waals surface area contributed by atoms with Gasteiger partial charge in [-0.25, -0.2) is 4.98 Å². The predicted molar refractivity (Wildman–Crippen MR) is 100 cm³/mol. The van der Waals surface area contributed by atoms with Crippen LogP contribution in [0.4, 0.5) is 5.13 Å². The van der Waals surface area contributed by atoms with Gasteiger partial charge < -0.3 is 15.7 Å². The lowest BCUT2D eigenvalue weighted by atomic mass is 10.0. The van der Waals surface area contributed by atoms with E-state index in [9.17, 15) is 14.7 Å². The summed E-state index contributed by atoms with van der Waals surface area (Å²) < 4.78 is 1.03. The summed E-state index contributed by atoms with van der Waals surface area (Å²) in [5.74, 6) is -0.731. The molecule has 1 aliphatic rings. The molecule has 0 saturated carbocycles. The van der Waals surface area contributed by atoms with Crippen molar-refractivity contribution in [1.29, 1.82) is 0 Å². The molecule has 1 aromatic carbocycles. The molecule has 2 amide bonds. The number of thioether (sulfide) groups is 1. The molecule has 2 aromatic rings. The zero-order chi connectivity index (χ0) is 18.0. The van der Waals surface area contributed by atoms with Crippen LogP contribution in [0, 0.1) is 12.8 Å². The zero-order valence-corrected chi connectivity index (χ0v) is 15.5. The Kier molecular flexibility index (Phi) is 5.57. The Hall–Kier alpha value is -1.68. The molecule has 3 unspecified atom stereocenters. The third-order valence-electron chi connectivity index (χ3n) is 3.92. The molecule has 0 radical (unpaired) electrons. The Morgan fingerprint density at radius 2 is 2.28 bits per heavy atom. The van der Waals surface area contributed by atoms with Crippen LogP contribution in [-0.2, 0) is 9.59 Å². The number of aromatic nitrogens is 1. The maximum atomic E-state index is 12.1. The Morgan fingerprint density at radius 3 is 3.00 bits per heavy atom. The molecule has 25 heavy (non-hydrogen) atoms. The van der Waals surface area contributed by atoms with Crippen molar-refractivity contribution in [2.45, 2.75) is 32.0 Å². The van der Waals surface area contributed by atoms with Gasteiger partial charge in [-0.15, -0.1) is 11.8 Å². The zero-order valence-electron chi connectivity index (χ0n) is 13.9. The summed E-state index contributed by atoms with van der Waals surface area (Å²) in [5, 5.41) is 18.9. The fraction of sp³-hybridized carbons (Fsp3) is 0.438. The average Bonchev–Trinajstić information content (AvgIpc) is 2.94. The van der Waals surface area contributed by atoms with Crippen LogP contribution < -0.4 is 16.0 Å². The summed E-state index contributed by atoms with van der Waals surface area (Å²) in [4.78, 5) is 28.4. The number of carbonyl (C=O) groups is 2. The largest absolute Gasteiger partial charge is 0.378 e. The second-order valence-corrected chi connectivity index (χ2v) is 7.99. The van der Waals surface area contributed by atoms with Crippen molar-refractivity contribution in [2.75, 3.05) is 11.1 Å². The van der Waals surface area contributed by atoms with Gasteiger partial charge in [-0.2, -0.15) is 0 Å². The summed E-state index contributed by atoms with van der Waals surface area (Å²) in [7, 11) is 0. The van der Waals surface area contributed by atoms with E-state index in [1.807, 2.05) is 32.0 Å². The van der Waals surface area contributed by atoms with Crippen LogP contribution in [0.25, 0.3) is 10.2 Å². The van der Waals surface area contributed by atoms with Gasteiger partial charge in [-0.1, -0.05) is 24.3 Å². The van der Waals surface area contributed by atoms with E-state index < -0.39 is 17.6 Å². The molecule has 0 aliphatic carbocycles. The highest BCUT2D eigenvalue weighted by molar-refractivity contribution is 8.00. The molecule has 3 rings (SSSR count). The molecule has 0 bridgehead atoms. The third kappa shape index (κ3) is 4.30. The first-order chi connectivity index (χ1) is 12.0. The fourth-order valence-electron chi connectivity index (χ4n) is 2.59. The highest BCUT2D eigenvalue weighted by Gasteiger charge is 2.33. The van der Waals surface area contributed by atoms with Gasteiger partial charge in [0.1, 0.15) is 11.7 Å². The number of carbonyl (C=O) groups excluding carboxylic acids is 2. The van der Waals surface area contributed by atoms with Gasteiger partial charge in [0.25, 0.3) is 0 Å². The van der Waals surface area contributed by atoms with Crippen molar-refractivity contribution < 1.29 is 14.7 Å². The third-order valence-corrected chi connectivity index (χ3v) is 5.87. The second kappa shape index (κ2) is 7.69. The summed E-state index contributed by atoms with van der Waals surface area (Å²) in [6.07, 6.45) is -0.346. The van der Waals surface area contributed by atoms with Gasteiger partial charge >= 0.3 is 0 Å². The van der Waals surface area contributed by atoms with Crippen molar-refractivity contribution in [2.24, 2.45) is 5.92 Å². The number of rotatable bonds is 5. The number of nitrogens with one attached hydrogen (secondary N) is 3. The first kappa shape index (κ1) is 18.1. The summed E-state index contributed by atoms with van der Waals surface area (Å²) in [6, 6.07) is 5.94. The van der Waals surface area contributed by atoms with Crippen LogP contribution in [0.2, 0.25) is 0 Å². The van der Waals surface area contributed by atoms with Crippen LogP contribution in [0.1, 0.15) is 18.9 Å². The van der Waals surface area contributed by atoms with Crippen LogP contribution in [-0.4, -0.2) is 39.4 Å². The Morgan fingerprint density at radius 1 is 1.48 bits per heavy atom. The van der Waals surface area contributed by atoms with E-state index in [-0.39, 0.29) is 17.6 Å². The topological polar surface area (TPSA) is 103 Å². The van der Waals surface area contributed by atoms with Crippen molar-refractivity contribution in [3.05, 3.63) is 23.8 Å². The predicted octanol–water partition coefficient (Wildman–Crippen LogP) is 1.62. The van der Waals surface area contributed by atoms with E-state index in [0.29, 0.717) is 11.6 Å². The van der Waals surface area contributed by atoms with Crippen LogP contribution in [0.3, 0.4) is 0 Å². The van der Waals surface area contributed by atoms with Crippen molar-refractivity contribution in [3.63, 3.8) is 0 Å². The molecule has 1 aliphatic heterocycles. The number of aliphatic hydroxyl groups is 1. The average molecular weight is 380 g/mol. The highest BCUT2D eigenvalue weighted by Crippen LogP contribution is 2.27. The number of fused-ring (bicyclic) bond motifs is 1. The molecule has 1 saturated heterocycles. The number of anilines is 1. The minimum Gasteiger partial charge on any atom is -0.378 e. The van der Waals surface area contributed by atoms with Gasteiger partial charge in [0.15, 0.2) is 5.13 Å². The highest BCUT2D eigenvalue weighted by atomic mass is 32.2. The van der Waals surface area contributed by atoms with Crippen LogP contribution in [0.15, 0.2) is 18.2 Å². The quantitative estimate of drug-likeness (QED) is 0.629. The maximum absolute atomic E-state index is 12.1. The summed E-state index contributed by atoms with van der Waals surface area (Å²) in [5.41, 5.74) is 1.51. The summed E-state index contributed by atoms with van der Waals surface area (Å²) in [6.45, 7) is 3.85. The molecule has 0 spiro atoms. The number of aliphatic hydroxyl groups excluding tert-OH is 1. The number of hydrogen-bond donors (Lipinski definition) is 4. The number of nitrogens with zero attached hydrogens (tertiary/aromatic N) is 1. The van der Waals surface area contributed by atoms with Crippen molar-refractivity contribution >= 4 is 50.3 Å². The fourth-order valence-corrected chi connectivity index (χ4v) is 4.40. The Bertz CT molecular complexity index is 795. The number of amides is 2. The number of benzene rings is 1. The van der Waals surface area contributed by atoms with Gasteiger partial charge in [0, 0.05) is 0 Å². The molecule has 9 heteroatoms. The first-order valence-corrected chi connectivity index (χ1v) is 9.86. The molecular weight excluding hydrogens is 360 g/mol. The monoisotopic (exact) mass is 380 g/mol. The van der Waals surface area contributed by atoms with E-state index in [1.165, 1.54) is 23.1 Å². The van der Waals surface area contributed by atoms with E-state index in [1.54, 1.807) is 0 Å². The number of thiazole rings is 1. The molecule has 3 atom stereocenters. The summed E-state index contributed by atoms with van der Waals surface area (Å²) >= 11 is 2.64. The number of aryl methyl sites for hydroxylation is 1. The van der Waals surface area contributed by atoms with Crippen LogP contribution >= 0.6 is 23.1 Å². The lowest BCUT2D eigenvalue weighted by Gasteiger charge is -2.33. The first-order valence-electron chi connectivity index (χ1n) is 7.99. The SMILES string of the molecule is CCC1C(=O)NC(SCC(=O)Nc2nc3ccc(C)cc3s2)NC1O. The molecule has 2 heterocycles. The molecule has 1 aromatic heterocycles.